The molecule has 0 bridgehead atoms. The third-order valence-electron chi connectivity index (χ3n) is 8.39. The van der Waals surface area contributed by atoms with Gasteiger partial charge in [-0.25, -0.2) is 15.3 Å². The molecule has 1 N–H and O–H groups in total. The van der Waals surface area contributed by atoms with E-state index < -0.39 is 7.12 Å². The van der Waals surface area contributed by atoms with Gasteiger partial charge in [0.05, 0.1) is 23.7 Å². The van der Waals surface area contributed by atoms with Gasteiger partial charge in [0.2, 0.25) is 0 Å². The first kappa shape index (κ1) is 29.4. The molecular weight excluding hydrogens is 543 g/mol. The van der Waals surface area contributed by atoms with Crippen molar-refractivity contribution in [2.45, 2.75) is 62.0 Å². The van der Waals surface area contributed by atoms with Crippen molar-refractivity contribution in [2.75, 3.05) is 0 Å². The second-order valence-corrected chi connectivity index (χ2v) is 12.2. The van der Waals surface area contributed by atoms with Crippen LogP contribution in [-0.2, 0) is 6.61 Å². The lowest BCUT2D eigenvalue weighted by Gasteiger charge is -2.29. The van der Waals surface area contributed by atoms with Gasteiger partial charge in [-0.2, -0.15) is 0 Å². The first-order valence-electron chi connectivity index (χ1n) is 15.1. The van der Waals surface area contributed by atoms with Gasteiger partial charge in [0.15, 0.2) is 0 Å². The summed E-state index contributed by atoms with van der Waals surface area (Å²) < 4.78 is 5.74. The zero-order valence-corrected chi connectivity index (χ0v) is 26.8. The highest BCUT2D eigenvalue weighted by molar-refractivity contribution is 6.52. The van der Waals surface area contributed by atoms with Gasteiger partial charge in [-0.15, -0.1) is 0 Å². The molecule has 44 heavy (non-hydrogen) atoms. The second-order valence-electron chi connectivity index (χ2n) is 12.2. The van der Waals surface area contributed by atoms with Crippen LogP contribution in [0.15, 0.2) is 73.2 Å². The average Bonchev–Trinajstić information content (AvgIpc) is 3.70. The molecule has 0 saturated carbocycles. The summed E-state index contributed by atoms with van der Waals surface area (Å²) in [7, 11) is -0.494. The molecule has 0 atom stereocenters. The lowest BCUT2D eigenvalue weighted by Crippen LogP contribution is -2.43. The summed E-state index contributed by atoms with van der Waals surface area (Å²) in [5.74, 6) is 0. The molecule has 0 saturated heterocycles. The van der Waals surface area contributed by atoms with Gasteiger partial charge in [0.1, 0.15) is 0 Å². The lowest BCUT2D eigenvalue weighted by atomic mass is 9.96. The predicted octanol–water partition coefficient (Wildman–Crippen LogP) is 7.17. The van der Waals surface area contributed by atoms with E-state index in [2.05, 4.69) is 90.9 Å². The maximum atomic E-state index is 10.2. The Morgan fingerprint density at radius 1 is 0.500 bits per heavy atom. The molecule has 3 aromatic carbocycles. The van der Waals surface area contributed by atoms with Crippen LogP contribution >= 0.6 is 0 Å². The molecule has 0 aliphatic rings. The Labute approximate surface area is 260 Å². The van der Waals surface area contributed by atoms with Crippen molar-refractivity contribution in [3.05, 3.63) is 123 Å². The zero-order chi connectivity index (χ0) is 31.3. The number of benzene rings is 3. The molecule has 0 spiro atoms. The summed E-state index contributed by atoms with van der Waals surface area (Å²) in [6.45, 7) is 16.9. The summed E-state index contributed by atoms with van der Waals surface area (Å²) in [5.41, 5.74) is 16.2. The number of hydrogen-bond acceptors (Lipinski definition) is 4. The third kappa shape index (κ3) is 5.30. The Bertz CT molecular complexity index is 1870. The Balaban J connectivity index is 1.49. The van der Waals surface area contributed by atoms with E-state index in [1.807, 2.05) is 51.4 Å². The van der Waals surface area contributed by atoms with Gasteiger partial charge in [-0.05, 0) is 126 Å². The zero-order valence-electron chi connectivity index (χ0n) is 26.8. The number of aliphatic hydroxyl groups is 1. The molecule has 0 unspecified atom stereocenters. The molecule has 223 valence electrons. The smallest absolute Gasteiger partial charge is 0.260 e. The third-order valence-corrected chi connectivity index (χ3v) is 8.39. The number of rotatable bonds is 7. The summed E-state index contributed by atoms with van der Waals surface area (Å²) in [6.07, 6.45) is 5.97. The van der Waals surface area contributed by atoms with E-state index in [0.29, 0.717) is 0 Å². The van der Waals surface area contributed by atoms with Gasteiger partial charge in [0.25, 0.3) is 7.12 Å². The maximum Gasteiger partial charge on any atom is 0.260 e. The van der Waals surface area contributed by atoms with Crippen LogP contribution in [0.2, 0.25) is 0 Å². The van der Waals surface area contributed by atoms with Gasteiger partial charge < -0.3 is 18.9 Å². The minimum atomic E-state index is -0.494. The van der Waals surface area contributed by atoms with Crippen LogP contribution in [0.5, 0.6) is 0 Å². The highest BCUT2D eigenvalue weighted by Gasteiger charge is 2.18. The average molecular weight is 583 g/mol. The van der Waals surface area contributed by atoms with Crippen molar-refractivity contribution >= 4 is 7.12 Å². The number of hydrogen-bond donors (Lipinski definition) is 1. The van der Waals surface area contributed by atoms with E-state index in [4.69, 9.17) is 15.3 Å². The van der Waals surface area contributed by atoms with Crippen LogP contribution in [0.3, 0.4) is 0 Å². The van der Waals surface area contributed by atoms with E-state index in [9.17, 15) is 5.11 Å². The Kier molecular flexibility index (Phi) is 7.64. The Morgan fingerprint density at radius 2 is 0.818 bits per heavy atom. The molecule has 6 aromatic rings. The molecule has 0 amide bonds. The molecule has 7 nitrogen and oxygen atoms in total. The van der Waals surface area contributed by atoms with Crippen LogP contribution in [0, 0.1) is 55.4 Å². The molecule has 8 heteroatoms. The summed E-state index contributed by atoms with van der Waals surface area (Å²) in [4.78, 5) is 0. The van der Waals surface area contributed by atoms with Crippen molar-refractivity contribution in [1.82, 2.24) is 29.1 Å². The lowest BCUT2D eigenvalue weighted by molar-refractivity contribution is 0.282. The van der Waals surface area contributed by atoms with Gasteiger partial charge >= 0.3 is 0 Å². The van der Waals surface area contributed by atoms with Crippen molar-refractivity contribution in [3.63, 3.8) is 0 Å². The number of aromatic nitrogens is 6. The van der Waals surface area contributed by atoms with Gasteiger partial charge in [-0.3, -0.25) is 0 Å². The van der Waals surface area contributed by atoms with E-state index >= 15 is 0 Å². The minimum absolute atomic E-state index is 0.0519. The number of aryl methyl sites for hydroxylation is 8. The van der Waals surface area contributed by atoms with Crippen LogP contribution in [0.1, 0.15) is 50.1 Å². The quantitative estimate of drug-likeness (QED) is 0.203. The second kappa shape index (κ2) is 11.4. The predicted molar refractivity (Wildman–Crippen MR) is 179 cm³/mol. The molecule has 0 aliphatic carbocycles. The first-order chi connectivity index (χ1) is 21.0. The van der Waals surface area contributed by atoms with Crippen LogP contribution in [-0.4, -0.2) is 41.3 Å². The Morgan fingerprint density at radius 3 is 1.18 bits per heavy atom. The number of aliphatic hydroxyl groups excluding tert-OH is 1. The fourth-order valence-electron chi connectivity index (χ4n) is 6.88. The van der Waals surface area contributed by atoms with E-state index in [-0.39, 0.29) is 6.61 Å². The normalized spacial score (nSPS) is 11.6. The molecule has 0 aliphatic heterocycles. The van der Waals surface area contributed by atoms with Crippen molar-refractivity contribution in [3.8, 4) is 33.8 Å². The van der Waals surface area contributed by atoms with Crippen molar-refractivity contribution in [2.24, 2.45) is 0 Å². The first-order valence-corrected chi connectivity index (χ1v) is 15.1. The molecule has 3 aromatic heterocycles. The SMILES string of the molecule is Cc1cc(C)c(-c2ccn([B-](n3ccc(-c4c(C)cc(C)cc4C)n3)n3ccc(-c4c(C)cc(C)cc4CO)n3)n2)c(C)c1. The molecule has 6 rings (SSSR count). The van der Waals surface area contributed by atoms with E-state index in [1.54, 1.807) is 0 Å². The summed E-state index contributed by atoms with van der Waals surface area (Å²) in [6, 6.07) is 19.1. The summed E-state index contributed by atoms with van der Waals surface area (Å²) >= 11 is 0. The molecule has 0 fully saturated rings. The highest BCUT2D eigenvalue weighted by Crippen LogP contribution is 2.30. The van der Waals surface area contributed by atoms with Crippen LogP contribution < -0.4 is 0 Å². The largest absolute Gasteiger partial charge is 0.424 e. The van der Waals surface area contributed by atoms with Crippen molar-refractivity contribution < 1.29 is 5.11 Å². The van der Waals surface area contributed by atoms with E-state index in [1.165, 1.54) is 33.4 Å². The molecule has 3 heterocycles. The highest BCUT2D eigenvalue weighted by atomic mass is 16.3. The minimum Gasteiger partial charge on any atom is -0.424 e. The van der Waals surface area contributed by atoms with Gasteiger partial charge in [0, 0.05) is 16.7 Å². The van der Waals surface area contributed by atoms with Crippen LogP contribution in [0.4, 0.5) is 0 Å². The topological polar surface area (TPSA) is 73.7 Å². The molecule has 1 radical (unpaired) electrons. The summed E-state index contributed by atoms with van der Waals surface area (Å²) in [5, 5.41) is 25.5. The Hall–Kier alpha value is -4.69. The maximum absolute atomic E-state index is 10.2. The fraction of sp³-hybridized carbons (Fsp3) is 0.250. The fourth-order valence-corrected chi connectivity index (χ4v) is 6.88. The monoisotopic (exact) mass is 582 g/mol. The number of nitrogens with zero attached hydrogens (tertiary/aromatic N) is 6. The van der Waals surface area contributed by atoms with E-state index in [0.717, 1.165) is 50.5 Å². The standard InChI is InChI=1S/C36H39BN6O/c1-22-15-25(4)34(26(5)16-22)31-9-12-41(38-31)37(42-13-10-32(39-42)35-27(6)17-23(2)18-28(35)7)43-14-11-33(40-43)36-29(8)19-24(3)20-30(36)21-44/h9-20,44H,21H2,1-8H3/q-1. The van der Waals surface area contributed by atoms with Crippen molar-refractivity contribution in [1.29, 1.82) is 0 Å². The van der Waals surface area contributed by atoms with Gasteiger partial charge in [-0.1, -0.05) is 53.1 Å². The molecular formula is C36H39BN6O-. The van der Waals surface area contributed by atoms with Crippen LogP contribution in [0.25, 0.3) is 33.8 Å².